The second-order valence-electron chi connectivity index (χ2n) is 5.99. The lowest BCUT2D eigenvalue weighted by Crippen LogP contribution is -2.39. The summed E-state index contributed by atoms with van der Waals surface area (Å²) in [5.41, 5.74) is 1.93. The Morgan fingerprint density at radius 1 is 1.31 bits per heavy atom. The van der Waals surface area contributed by atoms with Crippen LogP contribution < -0.4 is 10.1 Å². The molecule has 4 rings (SSSR count). The summed E-state index contributed by atoms with van der Waals surface area (Å²) in [5.74, 6) is 1.39. The third-order valence-corrected chi connectivity index (χ3v) is 4.28. The topological polar surface area (TPSA) is 72.9 Å². The molecule has 0 radical (unpaired) electrons. The number of urea groups is 1. The maximum absolute atomic E-state index is 11.9. The van der Waals surface area contributed by atoms with E-state index in [4.69, 9.17) is 14.2 Å². The number of pyridine rings is 1. The zero-order chi connectivity index (χ0) is 17.9. The molecule has 0 bridgehead atoms. The molecule has 1 aromatic carbocycles. The van der Waals surface area contributed by atoms with Crippen molar-refractivity contribution in [3.8, 4) is 5.75 Å². The second-order valence-corrected chi connectivity index (χ2v) is 5.99. The first-order valence-corrected chi connectivity index (χ1v) is 8.51. The van der Waals surface area contributed by atoms with E-state index < -0.39 is 6.29 Å². The van der Waals surface area contributed by atoms with Crippen LogP contribution in [0.1, 0.15) is 18.1 Å². The predicted octanol–water partition coefficient (Wildman–Crippen LogP) is 3.24. The predicted molar refractivity (Wildman–Crippen MR) is 94.2 cm³/mol. The first kappa shape index (κ1) is 16.3. The van der Waals surface area contributed by atoms with Gasteiger partial charge in [0, 0.05) is 19.2 Å². The normalized spacial score (nSPS) is 18.3. The number of ether oxygens (including phenoxy) is 3. The summed E-state index contributed by atoms with van der Waals surface area (Å²) >= 11 is 0. The van der Waals surface area contributed by atoms with Crippen LogP contribution in [0.3, 0.4) is 0 Å². The summed E-state index contributed by atoms with van der Waals surface area (Å²) < 4.78 is 17.1. The Bertz CT molecular complexity index is 838. The van der Waals surface area contributed by atoms with Gasteiger partial charge in [-0.3, -0.25) is 5.32 Å². The average Bonchev–Trinajstić information content (AvgIpc) is 3.09. The summed E-state index contributed by atoms with van der Waals surface area (Å²) in [6, 6.07) is 11.6. The van der Waals surface area contributed by atoms with Gasteiger partial charge in [0.25, 0.3) is 0 Å². The molecule has 1 atom stereocenters. The van der Waals surface area contributed by atoms with Crippen molar-refractivity contribution < 1.29 is 19.0 Å². The molecule has 3 heterocycles. The Balaban J connectivity index is 1.44. The molecule has 26 heavy (non-hydrogen) atoms. The summed E-state index contributed by atoms with van der Waals surface area (Å²) in [6.45, 7) is 2.95. The Labute approximate surface area is 151 Å². The third kappa shape index (κ3) is 3.28. The van der Waals surface area contributed by atoms with Crippen molar-refractivity contribution in [2.75, 3.05) is 11.9 Å². The fourth-order valence-corrected chi connectivity index (χ4v) is 2.90. The van der Waals surface area contributed by atoms with E-state index in [0.717, 1.165) is 11.1 Å². The molecule has 2 aliphatic heterocycles. The molecular weight excluding hydrogens is 334 g/mol. The van der Waals surface area contributed by atoms with Gasteiger partial charge in [0.1, 0.15) is 11.6 Å². The van der Waals surface area contributed by atoms with E-state index >= 15 is 0 Å². The third-order valence-electron chi connectivity index (χ3n) is 4.28. The van der Waals surface area contributed by atoms with Crippen LogP contribution in [0.2, 0.25) is 0 Å². The van der Waals surface area contributed by atoms with E-state index in [0.29, 0.717) is 37.0 Å². The van der Waals surface area contributed by atoms with Gasteiger partial charge in [-0.15, -0.1) is 0 Å². The van der Waals surface area contributed by atoms with Crippen LogP contribution in [0, 0.1) is 0 Å². The van der Waals surface area contributed by atoms with Gasteiger partial charge >= 0.3 is 12.0 Å². The molecule has 2 aliphatic rings. The lowest BCUT2D eigenvalue weighted by molar-refractivity contribution is -0.0521. The number of carbonyl (C=O) groups excluding carboxylic acids is 1. The van der Waals surface area contributed by atoms with Gasteiger partial charge in [0.05, 0.1) is 12.1 Å². The van der Waals surface area contributed by atoms with Crippen molar-refractivity contribution in [1.82, 2.24) is 9.88 Å². The molecule has 2 amide bonds. The molecule has 0 saturated carbocycles. The first-order valence-electron chi connectivity index (χ1n) is 8.51. The number of hydrogen-bond acceptors (Lipinski definition) is 5. The van der Waals surface area contributed by atoms with Crippen LogP contribution in [0.4, 0.5) is 10.6 Å². The molecule has 0 fully saturated rings. The molecule has 2 aromatic rings. The Kier molecular flexibility index (Phi) is 4.35. The number of anilines is 1. The quantitative estimate of drug-likeness (QED) is 0.893. The van der Waals surface area contributed by atoms with Gasteiger partial charge in [-0.2, -0.15) is 0 Å². The molecule has 0 spiro atoms. The minimum absolute atomic E-state index is 0.160. The number of hydrogen-bond donors (Lipinski definition) is 1. The standard InChI is InChI=1S/C19H19N3O4/c1-2-22-11-14-15(8-9-20-18(14)21-19(22)23)25-17-12-24-16(26-17)10-13-6-4-3-5-7-13/h3-9,12,16H,2,10-11H2,1H3,(H,20,21,23). The molecule has 1 N–H and O–H groups in total. The van der Waals surface area contributed by atoms with Gasteiger partial charge in [0.2, 0.25) is 6.29 Å². The van der Waals surface area contributed by atoms with Crippen molar-refractivity contribution in [3.05, 3.63) is 65.9 Å². The smallest absolute Gasteiger partial charge is 0.324 e. The number of nitrogens with zero attached hydrogens (tertiary/aromatic N) is 2. The maximum Gasteiger partial charge on any atom is 0.324 e. The Hall–Kier alpha value is -3.22. The summed E-state index contributed by atoms with van der Waals surface area (Å²) in [5, 5.41) is 2.77. The van der Waals surface area contributed by atoms with Crippen LogP contribution in [0.5, 0.6) is 5.75 Å². The van der Waals surface area contributed by atoms with Crippen LogP contribution in [-0.4, -0.2) is 28.7 Å². The lowest BCUT2D eigenvalue weighted by Gasteiger charge is -2.28. The highest BCUT2D eigenvalue weighted by Crippen LogP contribution is 2.32. The van der Waals surface area contributed by atoms with E-state index in [-0.39, 0.29) is 6.03 Å². The SMILES string of the molecule is CCN1Cc2c(OC3=COC(Cc4ccccc4)O3)ccnc2NC1=O. The van der Waals surface area contributed by atoms with Crippen LogP contribution in [0.15, 0.2) is 54.8 Å². The minimum atomic E-state index is -0.420. The largest absolute Gasteiger partial charge is 0.455 e. The lowest BCUT2D eigenvalue weighted by atomic mass is 10.1. The zero-order valence-corrected chi connectivity index (χ0v) is 14.3. The highest BCUT2D eigenvalue weighted by atomic mass is 16.8. The molecule has 1 unspecified atom stereocenters. The fraction of sp³-hybridized carbons (Fsp3) is 0.263. The number of rotatable bonds is 5. The van der Waals surface area contributed by atoms with Crippen molar-refractivity contribution in [2.24, 2.45) is 0 Å². The number of benzene rings is 1. The van der Waals surface area contributed by atoms with E-state index in [9.17, 15) is 4.79 Å². The first-order chi connectivity index (χ1) is 12.7. The molecule has 7 heteroatoms. The van der Waals surface area contributed by atoms with E-state index in [1.807, 2.05) is 37.3 Å². The van der Waals surface area contributed by atoms with E-state index in [1.54, 1.807) is 17.2 Å². The van der Waals surface area contributed by atoms with Crippen molar-refractivity contribution in [1.29, 1.82) is 0 Å². The molecular formula is C19H19N3O4. The van der Waals surface area contributed by atoms with Gasteiger partial charge in [-0.1, -0.05) is 30.3 Å². The Morgan fingerprint density at radius 2 is 2.15 bits per heavy atom. The molecule has 0 aliphatic carbocycles. The van der Waals surface area contributed by atoms with Crippen molar-refractivity contribution in [3.63, 3.8) is 0 Å². The van der Waals surface area contributed by atoms with E-state index in [1.165, 1.54) is 6.26 Å². The van der Waals surface area contributed by atoms with Crippen molar-refractivity contribution in [2.45, 2.75) is 26.2 Å². The molecule has 134 valence electrons. The monoisotopic (exact) mass is 353 g/mol. The number of amides is 2. The highest BCUT2D eigenvalue weighted by Gasteiger charge is 2.27. The fourth-order valence-electron chi connectivity index (χ4n) is 2.90. The number of carbonyl (C=O) groups is 1. The summed E-state index contributed by atoms with van der Waals surface area (Å²) in [4.78, 5) is 17.8. The maximum atomic E-state index is 11.9. The van der Waals surface area contributed by atoms with Crippen LogP contribution in [-0.2, 0) is 22.4 Å². The van der Waals surface area contributed by atoms with Gasteiger partial charge in [0.15, 0.2) is 6.26 Å². The van der Waals surface area contributed by atoms with Crippen molar-refractivity contribution >= 4 is 11.8 Å². The van der Waals surface area contributed by atoms with Gasteiger partial charge < -0.3 is 19.1 Å². The highest BCUT2D eigenvalue weighted by molar-refractivity contribution is 5.91. The van der Waals surface area contributed by atoms with E-state index in [2.05, 4.69) is 10.3 Å². The Morgan fingerprint density at radius 3 is 2.96 bits per heavy atom. The van der Waals surface area contributed by atoms with Crippen LogP contribution >= 0.6 is 0 Å². The minimum Gasteiger partial charge on any atom is -0.455 e. The van der Waals surface area contributed by atoms with Crippen LogP contribution in [0.25, 0.3) is 0 Å². The second kappa shape index (κ2) is 6.95. The zero-order valence-electron chi connectivity index (χ0n) is 14.3. The number of fused-ring (bicyclic) bond motifs is 1. The summed E-state index contributed by atoms with van der Waals surface area (Å²) in [6.07, 6.45) is 3.27. The van der Waals surface area contributed by atoms with Gasteiger partial charge in [-0.05, 0) is 18.6 Å². The summed E-state index contributed by atoms with van der Waals surface area (Å²) in [7, 11) is 0. The molecule has 0 saturated heterocycles. The number of nitrogens with one attached hydrogen (secondary N) is 1. The molecule has 1 aromatic heterocycles. The average molecular weight is 353 g/mol. The molecule has 7 nitrogen and oxygen atoms in total. The van der Waals surface area contributed by atoms with Gasteiger partial charge in [-0.25, -0.2) is 9.78 Å². The number of aromatic nitrogens is 1.